The van der Waals surface area contributed by atoms with Crippen molar-refractivity contribution in [3.8, 4) is 5.75 Å². The summed E-state index contributed by atoms with van der Waals surface area (Å²) >= 11 is 1.18. The zero-order valence-corrected chi connectivity index (χ0v) is 19.9. The molecule has 0 radical (unpaired) electrons. The second-order valence-electron chi connectivity index (χ2n) is 8.22. The molecule has 1 aliphatic rings. The minimum absolute atomic E-state index is 0.0606. The number of piperidine rings is 1. The van der Waals surface area contributed by atoms with E-state index < -0.39 is 10.0 Å². The summed E-state index contributed by atoms with van der Waals surface area (Å²) in [4.78, 5) is 14.7. The first kappa shape index (κ1) is 23.6. The maximum atomic E-state index is 12.6. The third-order valence-corrected chi connectivity index (χ3v) is 8.41. The molecule has 1 aliphatic heterocycles. The summed E-state index contributed by atoms with van der Waals surface area (Å²) in [6.07, 6.45) is 1.91. The Balaban J connectivity index is 1.46. The van der Waals surface area contributed by atoms with Gasteiger partial charge in [0.05, 0.1) is 5.69 Å². The van der Waals surface area contributed by atoms with Gasteiger partial charge in [-0.1, -0.05) is 19.9 Å². The molecular formula is C22H31N3O4S2. The third kappa shape index (κ3) is 6.44. The molecule has 9 heteroatoms. The van der Waals surface area contributed by atoms with Crippen molar-refractivity contribution in [3.63, 3.8) is 0 Å². The van der Waals surface area contributed by atoms with Crippen LogP contribution in [-0.4, -0.2) is 58.6 Å². The molecule has 1 saturated heterocycles. The lowest BCUT2D eigenvalue weighted by Crippen LogP contribution is -2.46. The Labute approximate surface area is 189 Å². The van der Waals surface area contributed by atoms with E-state index in [-0.39, 0.29) is 18.6 Å². The molecule has 2 heterocycles. The number of nitrogens with one attached hydrogen (secondary N) is 1. The molecule has 1 fully saturated rings. The van der Waals surface area contributed by atoms with Gasteiger partial charge in [-0.2, -0.15) is 0 Å². The Morgan fingerprint density at radius 1 is 1.23 bits per heavy atom. The first-order valence-corrected chi connectivity index (χ1v) is 12.8. The first-order valence-electron chi connectivity index (χ1n) is 10.5. The van der Waals surface area contributed by atoms with Gasteiger partial charge in [0.2, 0.25) is 0 Å². The number of likely N-dealkylation sites (tertiary alicyclic amines) is 1. The molecule has 0 spiro atoms. The molecule has 1 amide bonds. The van der Waals surface area contributed by atoms with Gasteiger partial charge in [0.15, 0.2) is 6.61 Å². The summed E-state index contributed by atoms with van der Waals surface area (Å²) in [5, 5.41) is 4.78. The zero-order valence-electron chi connectivity index (χ0n) is 18.3. The third-order valence-electron chi connectivity index (χ3n) is 5.26. The highest BCUT2D eigenvalue weighted by Crippen LogP contribution is 2.26. The van der Waals surface area contributed by atoms with Gasteiger partial charge in [-0.25, -0.2) is 8.42 Å². The Hall–Kier alpha value is -2.10. The number of sulfonamides is 1. The molecule has 0 unspecified atom stereocenters. The van der Waals surface area contributed by atoms with E-state index in [0.717, 1.165) is 32.5 Å². The standard InChI is InChI=1S/C22H31N3O4S2/c1-17(2)15-25-12-10-18(11-13-25)23-21(26)16-29-20-8-6-19(7-9-20)24(3)31(27,28)22-5-4-14-30-22/h4-9,14,17-18H,10-13,15-16H2,1-3H3,(H,23,26). The van der Waals surface area contributed by atoms with E-state index in [4.69, 9.17) is 4.74 Å². The molecular weight excluding hydrogens is 434 g/mol. The first-order chi connectivity index (χ1) is 14.8. The van der Waals surface area contributed by atoms with Gasteiger partial charge in [0.1, 0.15) is 9.96 Å². The highest BCUT2D eigenvalue weighted by Gasteiger charge is 2.23. The second kappa shape index (κ2) is 10.5. The highest BCUT2D eigenvalue weighted by atomic mass is 32.2. The topological polar surface area (TPSA) is 79.0 Å². The largest absolute Gasteiger partial charge is 0.484 e. The Kier molecular flexibility index (Phi) is 7.96. The zero-order chi connectivity index (χ0) is 22.4. The van der Waals surface area contributed by atoms with Crippen LogP contribution in [0.5, 0.6) is 5.75 Å². The summed E-state index contributed by atoms with van der Waals surface area (Å²) < 4.78 is 32.3. The second-order valence-corrected chi connectivity index (χ2v) is 11.4. The Bertz CT molecular complexity index is 936. The van der Waals surface area contributed by atoms with Crippen molar-refractivity contribution in [1.29, 1.82) is 0 Å². The van der Waals surface area contributed by atoms with E-state index in [1.807, 2.05) is 0 Å². The van der Waals surface area contributed by atoms with E-state index in [0.29, 0.717) is 21.6 Å². The molecule has 2 aromatic rings. The number of nitrogens with zero attached hydrogens (tertiary/aromatic N) is 2. The Morgan fingerprint density at radius 3 is 2.48 bits per heavy atom. The molecule has 0 bridgehead atoms. The fraction of sp³-hybridized carbons (Fsp3) is 0.500. The van der Waals surface area contributed by atoms with Crippen molar-refractivity contribution in [2.75, 3.05) is 37.6 Å². The number of rotatable bonds is 9. The van der Waals surface area contributed by atoms with Crippen molar-refractivity contribution in [2.24, 2.45) is 5.92 Å². The number of hydrogen-bond donors (Lipinski definition) is 1. The summed E-state index contributed by atoms with van der Waals surface area (Å²) in [6, 6.07) is 10.2. The van der Waals surface area contributed by atoms with Gasteiger partial charge < -0.3 is 15.0 Å². The fourth-order valence-electron chi connectivity index (χ4n) is 3.63. The van der Waals surface area contributed by atoms with E-state index in [9.17, 15) is 13.2 Å². The van der Waals surface area contributed by atoms with Crippen LogP contribution < -0.4 is 14.4 Å². The SMILES string of the molecule is CC(C)CN1CCC(NC(=O)COc2ccc(N(C)S(=O)(=O)c3cccs3)cc2)CC1. The number of carbonyl (C=O) groups excluding carboxylic acids is 1. The molecule has 1 N–H and O–H groups in total. The van der Waals surface area contributed by atoms with Gasteiger partial charge in [0, 0.05) is 32.7 Å². The lowest BCUT2D eigenvalue weighted by atomic mass is 10.0. The summed E-state index contributed by atoms with van der Waals surface area (Å²) in [7, 11) is -2.05. The summed E-state index contributed by atoms with van der Waals surface area (Å²) in [6.45, 7) is 7.50. The predicted molar refractivity (Wildman–Crippen MR) is 124 cm³/mol. The summed E-state index contributed by atoms with van der Waals surface area (Å²) in [5.74, 6) is 1.04. The molecule has 0 atom stereocenters. The van der Waals surface area contributed by atoms with Gasteiger partial charge in [0.25, 0.3) is 15.9 Å². The average molecular weight is 466 g/mol. The molecule has 170 valence electrons. The van der Waals surface area contributed by atoms with Crippen LogP contribution in [0.4, 0.5) is 5.69 Å². The van der Waals surface area contributed by atoms with E-state index in [1.165, 1.54) is 22.7 Å². The van der Waals surface area contributed by atoms with Gasteiger partial charge in [-0.05, 0) is 54.5 Å². The van der Waals surface area contributed by atoms with E-state index in [2.05, 4.69) is 24.1 Å². The number of thiophene rings is 1. The highest BCUT2D eigenvalue weighted by molar-refractivity contribution is 7.94. The fourth-order valence-corrected chi connectivity index (χ4v) is 5.99. The van der Waals surface area contributed by atoms with Crippen LogP contribution in [0.1, 0.15) is 26.7 Å². The Morgan fingerprint density at radius 2 is 1.90 bits per heavy atom. The van der Waals surface area contributed by atoms with E-state index >= 15 is 0 Å². The van der Waals surface area contributed by atoms with Crippen LogP contribution in [-0.2, 0) is 14.8 Å². The van der Waals surface area contributed by atoms with Crippen molar-refractivity contribution < 1.29 is 17.9 Å². The number of amides is 1. The monoisotopic (exact) mass is 465 g/mol. The molecule has 0 saturated carbocycles. The number of ether oxygens (including phenoxy) is 1. The van der Waals surface area contributed by atoms with Crippen LogP contribution in [0, 0.1) is 5.92 Å². The van der Waals surface area contributed by atoms with Crippen LogP contribution in [0.2, 0.25) is 0 Å². The number of carbonyl (C=O) groups is 1. The molecule has 1 aromatic carbocycles. The average Bonchev–Trinajstić information content (AvgIpc) is 3.29. The van der Waals surface area contributed by atoms with Crippen molar-refractivity contribution in [1.82, 2.24) is 10.2 Å². The molecule has 3 rings (SSSR count). The maximum Gasteiger partial charge on any atom is 0.273 e. The maximum absolute atomic E-state index is 12.6. The number of benzene rings is 1. The lowest BCUT2D eigenvalue weighted by Gasteiger charge is -2.33. The van der Waals surface area contributed by atoms with Crippen LogP contribution in [0.25, 0.3) is 0 Å². The molecule has 0 aliphatic carbocycles. The van der Waals surface area contributed by atoms with E-state index in [1.54, 1.807) is 41.8 Å². The van der Waals surface area contributed by atoms with Crippen molar-refractivity contribution in [3.05, 3.63) is 41.8 Å². The van der Waals surface area contributed by atoms with Crippen molar-refractivity contribution in [2.45, 2.75) is 36.9 Å². The van der Waals surface area contributed by atoms with Gasteiger partial charge in [-0.3, -0.25) is 9.10 Å². The lowest BCUT2D eigenvalue weighted by molar-refractivity contribution is -0.124. The quantitative estimate of drug-likeness (QED) is 0.615. The minimum atomic E-state index is -3.57. The number of anilines is 1. The molecule has 1 aromatic heterocycles. The minimum Gasteiger partial charge on any atom is -0.484 e. The van der Waals surface area contributed by atoms with Gasteiger partial charge >= 0.3 is 0 Å². The van der Waals surface area contributed by atoms with Crippen LogP contribution >= 0.6 is 11.3 Å². The molecule has 31 heavy (non-hydrogen) atoms. The smallest absolute Gasteiger partial charge is 0.273 e. The number of hydrogen-bond acceptors (Lipinski definition) is 6. The predicted octanol–water partition coefficient (Wildman–Crippen LogP) is 3.19. The molecule has 7 nitrogen and oxygen atoms in total. The normalized spacial score (nSPS) is 15.7. The van der Waals surface area contributed by atoms with Gasteiger partial charge in [-0.15, -0.1) is 11.3 Å². The van der Waals surface area contributed by atoms with Crippen LogP contribution in [0.15, 0.2) is 46.0 Å². The van der Waals surface area contributed by atoms with Crippen molar-refractivity contribution >= 4 is 33.0 Å². The van der Waals surface area contributed by atoms with Crippen LogP contribution in [0.3, 0.4) is 0 Å². The summed E-state index contributed by atoms with van der Waals surface area (Å²) in [5.41, 5.74) is 0.526.